The molecule has 0 saturated heterocycles. The third-order valence-electron chi connectivity index (χ3n) is 3.86. The molecule has 3 N–H and O–H groups in total. The van der Waals surface area contributed by atoms with Gasteiger partial charge in [-0.3, -0.25) is 9.88 Å². The van der Waals surface area contributed by atoms with E-state index in [2.05, 4.69) is 9.88 Å². The minimum absolute atomic E-state index is 0.0795. The van der Waals surface area contributed by atoms with Gasteiger partial charge in [0.15, 0.2) is 0 Å². The molecule has 100 valence electrons. The van der Waals surface area contributed by atoms with Crippen LogP contribution in [0.25, 0.3) is 0 Å². The molecule has 1 unspecified atom stereocenters. The first-order valence-corrected chi connectivity index (χ1v) is 6.68. The molecule has 2 rings (SSSR count). The molecule has 1 saturated carbocycles. The molecule has 1 aliphatic carbocycles. The van der Waals surface area contributed by atoms with Crippen LogP contribution in [0.2, 0.25) is 0 Å². The number of aliphatic hydroxyl groups is 1. The first-order chi connectivity index (χ1) is 8.64. The maximum atomic E-state index is 10.5. The minimum atomic E-state index is -0.531. The van der Waals surface area contributed by atoms with Crippen LogP contribution in [-0.2, 0) is 0 Å². The molecular formula is C14H23N3O. The molecule has 18 heavy (non-hydrogen) atoms. The lowest BCUT2D eigenvalue weighted by atomic mass is 10.0. The van der Waals surface area contributed by atoms with Crippen molar-refractivity contribution in [2.24, 2.45) is 5.73 Å². The van der Waals surface area contributed by atoms with Gasteiger partial charge < -0.3 is 10.8 Å². The van der Waals surface area contributed by atoms with Crippen molar-refractivity contribution < 1.29 is 5.11 Å². The van der Waals surface area contributed by atoms with E-state index in [1.165, 1.54) is 0 Å². The van der Waals surface area contributed by atoms with Gasteiger partial charge in [0.25, 0.3) is 0 Å². The summed E-state index contributed by atoms with van der Waals surface area (Å²) in [7, 11) is 2.02. The van der Waals surface area contributed by atoms with Crippen LogP contribution in [0.1, 0.15) is 37.4 Å². The molecule has 1 aliphatic rings. The van der Waals surface area contributed by atoms with Gasteiger partial charge in [-0.2, -0.15) is 0 Å². The molecule has 0 radical (unpaired) electrons. The summed E-state index contributed by atoms with van der Waals surface area (Å²) in [5.74, 6) is 0. The molecule has 1 aromatic rings. The minimum Gasteiger partial charge on any atom is -0.389 e. The van der Waals surface area contributed by atoms with Gasteiger partial charge in [-0.25, -0.2) is 0 Å². The third kappa shape index (κ3) is 3.07. The quantitative estimate of drug-likeness (QED) is 0.826. The van der Waals surface area contributed by atoms with E-state index in [0.717, 1.165) is 31.4 Å². The highest BCUT2D eigenvalue weighted by Crippen LogP contribution is 2.31. The summed E-state index contributed by atoms with van der Waals surface area (Å²) in [6, 6.07) is 5.95. The van der Waals surface area contributed by atoms with Crippen LogP contribution < -0.4 is 5.73 Å². The average Bonchev–Trinajstić information content (AvgIpc) is 2.78. The molecule has 0 aromatic carbocycles. The standard InChI is InChI=1S/C14H23N3O/c1-17(11-14(18)7-3-4-8-14)13(10-15)12-6-2-5-9-16-12/h2,5-6,9,13,18H,3-4,7-8,10-11,15H2,1H3. The molecule has 4 heteroatoms. The Labute approximate surface area is 109 Å². The van der Waals surface area contributed by atoms with Crippen LogP contribution in [0.3, 0.4) is 0 Å². The molecule has 0 bridgehead atoms. The molecular weight excluding hydrogens is 226 g/mol. The first kappa shape index (κ1) is 13.5. The highest BCUT2D eigenvalue weighted by Gasteiger charge is 2.34. The Kier molecular flexibility index (Phi) is 4.32. The monoisotopic (exact) mass is 249 g/mol. The Morgan fingerprint density at radius 3 is 2.72 bits per heavy atom. The molecule has 0 amide bonds. The Bertz CT molecular complexity index is 363. The average molecular weight is 249 g/mol. The number of pyridine rings is 1. The van der Waals surface area contributed by atoms with E-state index < -0.39 is 5.60 Å². The normalized spacial score (nSPS) is 20.2. The first-order valence-electron chi connectivity index (χ1n) is 6.68. The van der Waals surface area contributed by atoms with Crippen LogP contribution in [0.5, 0.6) is 0 Å². The smallest absolute Gasteiger partial charge is 0.0774 e. The van der Waals surface area contributed by atoms with Gasteiger partial charge in [0.2, 0.25) is 0 Å². The highest BCUT2D eigenvalue weighted by molar-refractivity contribution is 5.09. The summed E-state index contributed by atoms with van der Waals surface area (Å²) in [5.41, 5.74) is 6.31. The number of nitrogens with zero attached hydrogens (tertiary/aromatic N) is 2. The van der Waals surface area contributed by atoms with Gasteiger partial charge >= 0.3 is 0 Å². The van der Waals surface area contributed by atoms with Gasteiger partial charge in [0, 0.05) is 19.3 Å². The lowest BCUT2D eigenvalue weighted by molar-refractivity contribution is 0.00549. The lowest BCUT2D eigenvalue weighted by Gasteiger charge is -2.33. The number of aromatic nitrogens is 1. The maximum absolute atomic E-state index is 10.5. The van der Waals surface area contributed by atoms with E-state index in [9.17, 15) is 5.11 Å². The number of likely N-dealkylation sites (N-methyl/N-ethyl adjacent to an activating group) is 1. The summed E-state index contributed by atoms with van der Waals surface area (Å²) >= 11 is 0. The second-order valence-electron chi connectivity index (χ2n) is 5.35. The lowest BCUT2D eigenvalue weighted by Crippen LogP contribution is -2.42. The molecule has 0 spiro atoms. The van der Waals surface area contributed by atoms with Gasteiger partial charge in [-0.05, 0) is 32.0 Å². The van der Waals surface area contributed by atoms with Crippen molar-refractivity contribution in [2.45, 2.75) is 37.3 Å². The van der Waals surface area contributed by atoms with Crippen molar-refractivity contribution in [1.29, 1.82) is 0 Å². The van der Waals surface area contributed by atoms with Crippen LogP contribution in [0.15, 0.2) is 24.4 Å². The van der Waals surface area contributed by atoms with Crippen LogP contribution in [-0.4, -0.2) is 40.7 Å². The van der Waals surface area contributed by atoms with Crippen molar-refractivity contribution >= 4 is 0 Å². The third-order valence-corrected chi connectivity index (χ3v) is 3.86. The predicted octanol–water partition coefficient (Wildman–Crippen LogP) is 1.32. The second kappa shape index (κ2) is 5.78. The molecule has 1 fully saturated rings. The fourth-order valence-electron chi connectivity index (χ4n) is 2.87. The molecule has 1 atom stereocenters. The largest absolute Gasteiger partial charge is 0.389 e. The zero-order valence-electron chi connectivity index (χ0n) is 11.0. The van der Waals surface area contributed by atoms with Crippen molar-refractivity contribution in [3.8, 4) is 0 Å². The summed E-state index contributed by atoms with van der Waals surface area (Å²) in [5, 5.41) is 10.5. The van der Waals surface area contributed by atoms with Crippen molar-refractivity contribution in [3.05, 3.63) is 30.1 Å². The van der Waals surface area contributed by atoms with Crippen LogP contribution in [0.4, 0.5) is 0 Å². The number of hydrogen-bond acceptors (Lipinski definition) is 4. The van der Waals surface area contributed by atoms with E-state index in [1.54, 1.807) is 6.20 Å². The van der Waals surface area contributed by atoms with E-state index in [0.29, 0.717) is 13.1 Å². The summed E-state index contributed by atoms with van der Waals surface area (Å²) < 4.78 is 0. The topological polar surface area (TPSA) is 62.4 Å². The Balaban J connectivity index is 2.04. The molecule has 4 nitrogen and oxygen atoms in total. The van der Waals surface area contributed by atoms with Gasteiger partial charge in [-0.15, -0.1) is 0 Å². The van der Waals surface area contributed by atoms with E-state index in [1.807, 2.05) is 25.2 Å². The Hall–Kier alpha value is -0.970. The zero-order valence-corrected chi connectivity index (χ0v) is 11.0. The zero-order chi connectivity index (χ0) is 13.0. The molecule has 0 aliphatic heterocycles. The van der Waals surface area contributed by atoms with Gasteiger partial charge in [0.1, 0.15) is 0 Å². The van der Waals surface area contributed by atoms with Crippen molar-refractivity contribution in [2.75, 3.05) is 20.1 Å². The van der Waals surface area contributed by atoms with E-state index >= 15 is 0 Å². The Morgan fingerprint density at radius 1 is 1.44 bits per heavy atom. The van der Waals surface area contributed by atoms with E-state index in [4.69, 9.17) is 5.73 Å². The van der Waals surface area contributed by atoms with Crippen molar-refractivity contribution in [1.82, 2.24) is 9.88 Å². The van der Waals surface area contributed by atoms with Gasteiger partial charge in [0.05, 0.1) is 17.3 Å². The Morgan fingerprint density at radius 2 is 2.17 bits per heavy atom. The summed E-state index contributed by atoms with van der Waals surface area (Å²) in [4.78, 5) is 6.50. The van der Waals surface area contributed by atoms with Gasteiger partial charge in [-0.1, -0.05) is 18.9 Å². The fourth-order valence-corrected chi connectivity index (χ4v) is 2.87. The molecule has 1 heterocycles. The summed E-state index contributed by atoms with van der Waals surface area (Å²) in [6.07, 6.45) is 5.84. The number of nitrogens with two attached hydrogens (primary N) is 1. The molecule has 1 aromatic heterocycles. The SMILES string of the molecule is CN(CC1(O)CCCC1)C(CN)c1ccccn1. The number of hydrogen-bond donors (Lipinski definition) is 2. The predicted molar refractivity (Wildman–Crippen MR) is 72.1 cm³/mol. The summed E-state index contributed by atoms with van der Waals surface area (Å²) in [6.45, 7) is 1.19. The second-order valence-corrected chi connectivity index (χ2v) is 5.35. The number of rotatable bonds is 5. The van der Waals surface area contributed by atoms with Crippen molar-refractivity contribution in [3.63, 3.8) is 0 Å². The van der Waals surface area contributed by atoms with E-state index in [-0.39, 0.29) is 6.04 Å². The van der Waals surface area contributed by atoms with Crippen LogP contribution in [0, 0.1) is 0 Å². The fraction of sp³-hybridized carbons (Fsp3) is 0.643. The van der Waals surface area contributed by atoms with Crippen LogP contribution >= 0.6 is 0 Å². The highest BCUT2D eigenvalue weighted by atomic mass is 16.3. The maximum Gasteiger partial charge on any atom is 0.0774 e.